The maximum Gasteiger partial charge on any atom is 0.143 e. The van der Waals surface area contributed by atoms with Crippen molar-refractivity contribution in [2.45, 2.75) is 0 Å². The van der Waals surface area contributed by atoms with Crippen molar-refractivity contribution in [3.8, 4) is 44.9 Å². The summed E-state index contributed by atoms with van der Waals surface area (Å²) in [5, 5.41) is 5.95. The Kier molecular flexibility index (Phi) is 6.55. The minimum Gasteiger partial charge on any atom is -0.455 e. The smallest absolute Gasteiger partial charge is 0.143 e. The summed E-state index contributed by atoms with van der Waals surface area (Å²) in [6.45, 7) is 0. The third kappa shape index (κ3) is 4.54. The summed E-state index contributed by atoms with van der Waals surface area (Å²) in [4.78, 5) is 0. The van der Waals surface area contributed by atoms with E-state index in [0.29, 0.717) is 0 Å². The zero-order valence-electron chi connectivity index (χ0n) is 28.8. The van der Waals surface area contributed by atoms with Gasteiger partial charge in [0, 0.05) is 49.4 Å². The van der Waals surface area contributed by atoms with E-state index in [0.717, 1.165) is 55.6 Å². The number of aromatic nitrogens is 2. The molecule has 0 aliphatic heterocycles. The monoisotopic (exact) mass is 676 g/mol. The molecule has 3 aromatic heterocycles. The quantitative estimate of drug-likeness (QED) is 0.178. The first-order chi connectivity index (χ1) is 26.3. The standard InChI is InChI=1S/C50H32N2O/c1-4-14-33(15-5-1)38-21-12-23-42-43-24-13-22-39(50(43)53-49(38)42)34-26-28-37(29-27-34)52-45-25-11-10-20-40(45)41-30-31-46-44(48(41)52)32-47(35-16-6-2-7-17-35)51(46)36-18-8-3-9-19-36/h1-32H. The van der Waals surface area contributed by atoms with E-state index in [1.807, 2.05) is 0 Å². The lowest BCUT2D eigenvalue weighted by Crippen LogP contribution is -1.97. The second-order valence-corrected chi connectivity index (χ2v) is 13.7. The van der Waals surface area contributed by atoms with Gasteiger partial charge >= 0.3 is 0 Å². The van der Waals surface area contributed by atoms with Gasteiger partial charge in [-0.2, -0.15) is 0 Å². The van der Waals surface area contributed by atoms with Crippen LogP contribution >= 0.6 is 0 Å². The fraction of sp³-hybridized carbons (Fsp3) is 0. The lowest BCUT2D eigenvalue weighted by molar-refractivity contribution is 0.671. The second kappa shape index (κ2) is 11.7. The molecule has 248 valence electrons. The van der Waals surface area contributed by atoms with Gasteiger partial charge in [-0.1, -0.05) is 152 Å². The molecule has 0 aliphatic rings. The van der Waals surface area contributed by atoms with Gasteiger partial charge in [0.05, 0.1) is 22.2 Å². The van der Waals surface area contributed by atoms with Crippen LogP contribution in [0.25, 0.3) is 99.5 Å². The van der Waals surface area contributed by atoms with E-state index in [2.05, 4.69) is 203 Å². The molecule has 3 heterocycles. The molecule has 0 amide bonds. The highest BCUT2D eigenvalue weighted by Crippen LogP contribution is 2.43. The highest BCUT2D eigenvalue weighted by Gasteiger charge is 2.21. The van der Waals surface area contributed by atoms with Crippen molar-refractivity contribution in [1.29, 1.82) is 0 Å². The van der Waals surface area contributed by atoms with Crippen molar-refractivity contribution in [3.63, 3.8) is 0 Å². The Labute approximate surface area is 306 Å². The number of nitrogens with zero attached hydrogens (tertiary/aromatic N) is 2. The molecule has 0 atom stereocenters. The van der Waals surface area contributed by atoms with E-state index >= 15 is 0 Å². The highest BCUT2D eigenvalue weighted by molar-refractivity contribution is 6.19. The molecule has 0 fully saturated rings. The number of hydrogen-bond acceptors (Lipinski definition) is 1. The van der Waals surface area contributed by atoms with Crippen LogP contribution in [0.2, 0.25) is 0 Å². The molecule has 0 saturated carbocycles. The molecule has 0 unspecified atom stereocenters. The molecule has 0 aliphatic carbocycles. The van der Waals surface area contributed by atoms with Crippen LogP contribution in [0.5, 0.6) is 0 Å². The molecule has 0 saturated heterocycles. The molecule has 0 spiro atoms. The zero-order valence-corrected chi connectivity index (χ0v) is 28.8. The molecule has 11 aromatic rings. The Bertz CT molecular complexity index is 3130. The van der Waals surface area contributed by atoms with Gasteiger partial charge < -0.3 is 13.6 Å². The number of furan rings is 1. The van der Waals surface area contributed by atoms with Crippen molar-refractivity contribution in [2.75, 3.05) is 0 Å². The van der Waals surface area contributed by atoms with Gasteiger partial charge in [0.15, 0.2) is 0 Å². The van der Waals surface area contributed by atoms with E-state index in [9.17, 15) is 0 Å². The van der Waals surface area contributed by atoms with Gasteiger partial charge in [-0.15, -0.1) is 0 Å². The van der Waals surface area contributed by atoms with Crippen molar-refractivity contribution in [2.24, 2.45) is 0 Å². The minimum atomic E-state index is 0.910. The second-order valence-electron chi connectivity index (χ2n) is 13.7. The van der Waals surface area contributed by atoms with Crippen LogP contribution in [0.3, 0.4) is 0 Å². The molecule has 11 rings (SSSR count). The summed E-state index contributed by atoms with van der Waals surface area (Å²) >= 11 is 0. The fourth-order valence-corrected chi connectivity index (χ4v) is 8.37. The molecule has 0 bridgehead atoms. The summed E-state index contributed by atoms with van der Waals surface area (Å²) in [6.07, 6.45) is 0. The van der Waals surface area contributed by atoms with Crippen LogP contribution in [0.4, 0.5) is 0 Å². The van der Waals surface area contributed by atoms with Gasteiger partial charge in [0.2, 0.25) is 0 Å². The van der Waals surface area contributed by atoms with Crippen LogP contribution < -0.4 is 0 Å². The van der Waals surface area contributed by atoms with Gasteiger partial charge in [0.25, 0.3) is 0 Å². The van der Waals surface area contributed by atoms with E-state index in [4.69, 9.17) is 4.42 Å². The Morgan fingerprint density at radius 1 is 0.321 bits per heavy atom. The Morgan fingerprint density at radius 3 is 1.53 bits per heavy atom. The third-order valence-electron chi connectivity index (χ3n) is 10.7. The van der Waals surface area contributed by atoms with Crippen molar-refractivity contribution < 1.29 is 4.42 Å². The van der Waals surface area contributed by atoms with Gasteiger partial charge in [-0.25, -0.2) is 0 Å². The summed E-state index contributed by atoms with van der Waals surface area (Å²) in [5.41, 5.74) is 14.5. The minimum absolute atomic E-state index is 0.910. The number of fused-ring (bicyclic) bond motifs is 8. The Balaban J connectivity index is 1.12. The molecule has 0 N–H and O–H groups in total. The van der Waals surface area contributed by atoms with E-state index in [1.54, 1.807) is 0 Å². The number of benzene rings is 8. The first-order valence-electron chi connectivity index (χ1n) is 18.1. The average Bonchev–Trinajstić information content (AvgIpc) is 3.92. The SMILES string of the molecule is c1ccc(-c2cccc3c2oc2c(-c4ccc(-n5c6ccccc6c6ccc7c(cc(-c8ccccc8)n7-c7ccccc7)c65)cc4)cccc23)cc1. The Hall–Kier alpha value is -7.10. The molecule has 3 nitrogen and oxygen atoms in total. The summed E-state index contributed by atoms with van der Waals surface area (Å²) in [6, 6.07) is 69.5. The third-order valence-corrected chi connectivity index (χ3v) is 10.7. The largest absolute Gasteiger partial charge is 0.455 e. The average molecular weight is 677 g/mol. The van der Waals surface area contributed by atoms with Crippen LogP contribution in [0.15, 0.2) is 199 Å². The Morgan fingerprint density at radius 2 is 0.849 bits per heavy atom. The first kappa shape index (κ1) is 29.6. The van der Waals surface area contributed by atoms with Crippen molar-refractivity contribution in [3.05, 3.63) is 194 Å². The van der Waals surface area contributed by atoms with Crippen LogP contribution in [-0.4, -0.2) is 9.13 Å². The number of para-hydroxylation sites is 4. The van der Waals surface area contributed by atoms with Crippen molar-refractivity contribution >= 4 is 54.6 Å². The normalized spacial score (nSPS) is 11.8. The molecular weight excluding hydrogens is 645 g/mol. The fourth-order valence-electron chi connectivity index (χ4n) is 8.37. The molecular formula is C50H32N2O. The molecule has 8 aromatic carbocycles. The summed E-state index contributed by atoms with van der Waals surface area (Å²) in [7, 11) is 0. The van der Waals surface area contributed by atoms with Crippen LogP contribution in [-0.2, 0) is 0 Å². The van der Waals surface area contributed by atoms with E-state index < -0.39 is 0 Å². The van der Waals surface area contributed by atoms with Crippen molar-refractivity contribution in [1.82, 2.24) is 9.13 Å². The van der Waals surface area contributed by atoms with E-state index in [-0.39, 0.29) is 0 Å². The highest BCUT2D eigenvalue weighted by atomic mass is 16.3. The van der Waals surface area contributed by atoms with Crippen LogP contribution in [0.1, 0.15) is 0 Å². The lowest BCUT2D eigenvalue weighted by atomic mass is 10.00. The predicted molar refractivity (Wildman–Crippen MR) is 221 cm³/mol. The first-order valence-corrected chi connectivity index (χ1v) is 18.1. The van der Waals surface area contributed by atoms with Crippen LogP contribution in [0, 0.1) is 0 Å². The maximum absolute atomic E-state index is 6.77. The lowest BCUT2D eigenvalue weighted by Gasteiger charge is -2.12. The number of hydrogen-bond donors (Lipinski definition) is 0. The summed E-state index contributed by atoms with van der Waals surface area (Å²) < 4.78 is 11.6. The topological polar surface area (TPSA) is 23.0 Å². The molecule has 3 heteroatoms. The maximum atomic E-state index is 6.77. The zero-order chi connectivity index (χ0) is 34.9. The van der Waals surface area contributed by atoms with E-state index in [1.165, 1.54) is 44.0 Å². The van der Waals surface area contributed by atoms with Gasteiger partial charge in [-0.05, 0) is 59.2 Å². The predicted octanol–water partition coefficient (Wildman–Crippen LogP) is 13.6. The van der Waals surface area contributed by atoms with Gasteiger partial charge in [-0.3, -0.25) is 0 Å². The summed E-state index contributed by atoms with van der Waals surface area (Å²) in [5.74, 6) is 0. The number of rotatable bonds is 5. The van der Waals surface area contributed by atoms with Gasteiger partial charge in [0.1, 0.15) is 11.2 Å². The molecule has 53 heavy (non-hydrogen) atoms. The molecule has 0 radical (unpaired) electrons.